The SMILES string of the molecule is CCCN1CCN(CC(=O)Nc2cccc(CN)c2)CC1. The van der Waals surface area contributed by atoms with Crippen LogP contribution in [0.3, 0.4) is 0 Å². The van der Waals surface area contributed by atoms with Gasteiger partial charge < -0.3 is 16.0 Å². The molecule has 0 aliphatic carbocycles. The molecule has 21 heavy (non-hydrogen) atoms. The van der Waals surface area contributed by atoms with Gasteiger partial charge in [0.25, 0.3) is 0 Å². The fourth-order valence-electron chi connectivity index (χ4n) is 2.67. The van der Waals surface area contributed by atoms with Gasteiger partial charge in [0.1, 0.15) is 0 Å². The second kappa shape index (κ2) is 8.12. The predicted molar refractivity (Wildman–Crippen MR) is 86.1 cm³/mol. The van der Waals surface area contributed by atoms with Gasteiger partial charge in [0.05, 0.1) is 6.54 Å². The molecule has 2 rings (SSSR count). The van der Waals surface area contributed by atoms with Crippen LogP contribution in [0, 0.1) is 0 Å². The van der Waals surface area contributed by atoms with E-state index in [-0.39, 0.29) is 5.91 Å². The third-order valence-corrected chi connectivity index (χ3v) is 3.82. The Kier molecular flexibility index (Phi) is 6.17. The highest BCUT2D eigenvalue weighted by Gasteiger charge is 2.18. The van der Waals surface area contributed by atoms with Crippen LogP contribution in [0.5, 0.6) is 0 Å². The molecule has 1 aromatic carbocycles. The van der Waals surface area contributed by atoms with E-state index in [0.29, 0.717) is 13.1 Å². The number of piperazine rings is 1. The number of amides is 1. The molecule has 0 unspecified atom stereocenters. The van der Waals surface area contributed by atoms with Gasteiger partial charge in [0.2, 0.25) is 5.91 Å². The van der Waals surface area contributed by atoms with Crippen LogP contribution in [0.4, 0.5) is 5.69 Å². The third kappa shape index (κ3) is 5.12. The molecule has 0 radical (unpaired) electrons. The highest BCUT2D eigenvalue weighted by atomic mass is 16.2. The van der Waals surface area contributed by atoms with Crippen molar-refractivity contribution in [2.45, 2.75) is 19.9 Å². The molecule has 1 amide bonds. The van der Waals surface area contributed by atoms with Gasteiger partial charge in [0, 0.05) is 38.4 Å². The van der Waals surface area contributed by atoms with Crippen LogP contribution in [0.15, 0.2) is 24.3 Å². The second-order valence-corrected chi connectivity index (χ2v) is 5.57. The van der Waals surface area contributed by atoms with Crippen LogP contribution in [0.1, 0.15) is 18.9 Å². The molecule has 3 N–H and O–H groups in total. The number of nitrogens with two attached hydrogens (primary N) is 1. The van der Waals surface area contributed by atoms with Gasteiger partial charge in [-0.3, -0.25) is 9.69 Å². The van der Waals surface area contributed by atoms with Crippen LogP contribution in [-0.4, -0.2) is 55.0 Å². The molecular weight excluding hydrogens is 264 g/mol. The number of rotatable bonds is 6. The van der Waals surface area contributed by atoms with E-state index in [9.17, 15) is 4.79 Å². The first-order chi connectivity index (χ1) is 10.2. The summed E-state index contributed by atoms with van der Waals surface area (Å²) in [5.74, 6) is 0.0492. The first kappa shape index (κ1) is 15.9. The molecule has 5 nitrogen and oxygen atoms in total. The average Bonchev–Trinajstić information content (AvgIpc) is 2.49. The van der Waals surface area contributed by atoms with Gasteiger partial charge in [0.15, 0.2) is 0 Å². The van der Waals surface area contributed by atoms with Crippen LogP contribution in [0.2, 0.25) is 0 Å². The monoisotopic (exact) mass is 290 g/mol. The average molecular weight is 290 g/mol. The van der Waals surface area contributed by atoms with Crippen LogP contribution < -0.4 is 11.1 Å². The van der Waals surface area contributed by atoms with E-state index in [1.54, 1.807) is 0 Å². The summed E-state index contributed by atoms with van der Waals surface area (Å²) in [7, 11) is 0. The molecule has 0 bridgehead atoms. The van der Waals surface area contributed by atoms with E-state index in [2.05, 4.69) is 22.0 Å². The summed E-state index contributed by atoms with van der Waals surface area (Å²) in [5, 5.41) is 2.95. The minimum Gasteiger partial charge on any atom is -0.326 e. The number of carbonyl (C=O) groups excluding carboxylic acids is 1. The van der Waals surface area contributed by atoms with E-state index < -0.39 is 0 Å². The third-order valence-electron chi connectivity index (χ3n) is 3.82. The second-order valence-electron chi connectivity index (χ2n) is 5.57. The fourth-order valence-corrected chi connectivity index (χ4v) is 2.67. The molecule has 1 saturated heterocycles. The molecule has 1 fully saturated rings. The number of anilines is 1. The van der Waals surface area contributed by atoms with E-state index in [1.165, 1.54) is 6.42 Å². The molecule has 1 heterocycles. The van der Waals surface area contributed by atoms with Crippen molar-refractivity contribution < 1.29 is 4.79 Å². The first-order valence-electron chi connectivity index (χ1n) is 7.75. The summed E-state index contributed by atoms with van der Waals surface area (Å²) in [6, 6.07) is 7.71. The van der Waals surface area contributed by atoms with E-state index >= 15 is 0 Å². The van der Waals surface area contributed by atoms with Gasteiger partial charge in [-0.2, -0.15) is 0 Å². The Hall–Kier alpha value is -1.43. The number of hydrogen-bond acceptors (Lipinski definition) is 4. The lowest BCUT2D eigenvalue weighted by atomic mass is 10.2. The lowest BCUT2D eigenvalue weighted by molar-refractivity contribution is -0.117. The summed E-state index contributed by atoms with van der Waals surface area (Å²) >= 11 is 0. The van der Waals surface area contributed by atoms with Crippen LogP contribution in [-0.2, 0) is 11.3 Å². The van der Waals surface area contributed by atoms with Crippen molar-refractivity contribution in [2.75, 3.05) is 44.6 Å². The van der Waals surface area contributed by atoms with Crippen LogP contribution in [0.25, 0.3) is 0 Å². The van der Waals surface area contributed by atoms with E-state index in [4.69, 9.17) is 5.73 Å². The zero-order valence-electron chi connectivity index (χ0n) is 12.8. The summed E-state index contributed by atoms with van der Waals surface area (Å²) < 4.78 is 0. The summed E-state index contributed by atoms with van der Waals surface area (Å²) in [4.78, 5) is 16.8. The van der Waals surface area contributed by atoms with Gasteiger partial charge >= 0.3 is 0 Å². The number of hydrogen-bond donors (Lipinski definition) is 2. The maximum Gasteiger partial charge on any atom is 0.238 e. The van der Waals surface area contributed by atoms with Gasteiger partial charge in [-0.15, -0.1) is 0 Å². The Morgan fingerprint density at radius 3 is 2.62 bits per heavy atom. The lowest BCUT2D eigenvalue weighted by Crippen LogP contribution is -2.48. The van der Waals surface area contributed by atoms with Gasteiger partial charge in [-0.1, -0.05) is 19.1 Å². The number of benzene rings is 1. The largest absolute Gasteiger partial charge is 0.326 e. The molecule has 116 valence electrons. The Labute approximate surface area is 127 Å². The van der Waals surface area contributed by atoms with Crippen molar-refractivity contribution in [2.24, 2.45) is 5.73 Å². The molecular formula is C16H26N4O. The minimum absolute atomic E-state index is 0.0492. The Bertz CT molecular complexity index is 455. The minimum atomic E-state index is 0.0492. The van der Waals surface area contributed by atoms with Crippen molar-refractivity contribution in [3.63, 3.8) is 0 Å². The summed E-state index contributed by atoms with van der Waals surface area (Å²) in [6.07, 6.45) is 1.19. The standard InChI is InChI=1S/C16H26N4O/c1-2-6-19-7-9-20(10-8-19)13-16(21)18-15-5-3-4-14(11-15)12-17/h3-5,11H,2,6-10,12-13,17H2,1H3,(H,18,21). The van der Waals surface area contributed by atoms with Gasteiger partial charge in [-0.25, -0.2) is 0 Å². The van der Waals surface area contributed by atoms with Gasteiger partial charge in [-0.05, 0) is 30.7 Å². The molecule has 1 aliphatic rings. The number of nitrogens with zero attached hydrogens (tertiary/aromatic N) is 2. The number of nitrogens with one attached hydrogen (secondary N) is 1. The van der Waals surface area contributed by atoms with Crippen molar-refractivity contribution in [1.82, 2.24) is 9.80 Å². The van der Waals surface area contributed by atoms with E-state index in [0.717, 1.165) is 44.0 Å². The molecule has 0 saturated carbocycles. The smallest absolute Gasteiger partial charge is 0.238 e. The predicted octanol–water partition coefficient (Wildman–Crippen LogP) is 1.11. The molecule has 1 aliphatic heterocycles. The maximum absolute atomic E-state index is 12.1. The zero-order valence-corrected chi connectivity index (χ0v) is 12.8. The quantitative estimate of drug-likeness (QED) is 0.824. The Morgan fingerprint density at radius 2 is 1.95 bits per heavy atom. The first-order valence-corrected chi connectivity index (χ1v) is 7.75. The highest BCUT2D eigenvalue weighted by Crippen LogP contribution is 2.10. The molecule has 0 spiro atoms. The van der Waals surface area contributed by atoms with E-state index in [1.807, 2.05) is 24.3 Å². The molecule has 1 aromatic rings. The Balaban J connectivity index is 1.77. The maximum atomic E-state index is 12.1. The molecule has 0 aromatic heterocycles. The summed E-state index contributed by atoms with van der Waals surface area (Å²) in [6.45, 7) is 8.37. The molecule has 5 heteroatoms. The van der Waals surface area contributed by atoms with Crippen molar-refractivity contribution in [1.29, 1.82) is 0 Å². The van der Waals surface area contributed by atoms with Crippen molar-refractivity contribution in [3.8, 4) is 0 Å². The highest BCUT2D eigenvalue weighted by molar-refractivity contribution is 5.92. The zero-order chi connectivity index (χ0) is 15.1. The lowest BCUT2D eigenvalue weighted by Gasteiger charge is -2.34. The Morgan fingerprint density at radius 1 is 1.24 bits per heavy atom. The topological polar surface area (TPSA) is 61.6 Å². The van der Waals surface area contributed by atoms with Crippen molar-refractivity contribution >= 4 is 11.6 Å². The van der Waals surface area contributed by atoms with Crippen LogP contribution >= 0.6 is 0 Å². The fraction of sp³-hybridized carbons (Fsp3) is 0.562. The summed E-state index contributed by atoms with van der Waals surface area (Å²) in [5.41, 5.74) is 7.47. The molecule has 0 atom stereocenters. The number of carbonyl (C=O) groups is 1. The normalized spacial score (nSPS) is 16.9. The van der Waals surface area contributed by atoms with Crippen molar-refractivity contribution in [3.05, 3.63) is 29.8 Å².